The van der Waals surface area contributed by atoms with Crippen LogP contribution in [0.2, 0.25) is 0 Å². The number of para-hydroxylation sites is 1. The van der Waals surface area contributed by atoms with E-state index in [0.29, 0.717) is 0 Å². The van der Waals surface area contributed by atoms with Crippen LogP contribution in [0.3, 0.4) is 0 Å². The van der Waals surface area contributed by atoms with Crippen molar-refractivity contribution in [3.63, 3.8) is 0 Å². The second-order valence-corrected chi connectivity index (χ2v) is 13.2. The van der Waals surface area contributed by atoms with Gasteiger partial charge in [-0.3, -0.25) is 0 Å². The van der Waals surface area contributed by atoms with Gasteiger partial charge in [0.25, 0.3) is 0 Å². The van der Waals surface area contributed by atoms with Crippen LogP contribution < -0.4 is 31.3 Å². The number of allylic oxidation sites excluding steroid dienone is 3. The Morgan fingerprint density at radius 1 is 0.538 bits per heavy atom. The molecule has 190 valence electrons. The summed E-state index contributed by atoms with van der Waals surface area (Å²) >= 11 is 0. The molecule has 3 heteroatoms. The standard InChI is InChI=1S/C36H30OP2/c1-3-18-34(29(2)38(30-19-8-4-9-20-30)31-21-10-5-11-22-31)37-35-27-16-17-28-36(35)39(32-23-12-6-13-24-32)33-25-14-7-15-26-33/h3-28H,1-2H2/b34-18+. The first-order valence-electron chi connectivity index (χ1n) is 12.9. The van der Waals surface area contributed by atoms with Crippen LogP contribution in [0.1, 0.15) is 0 Å². The van der Waals surface area contributed by atoms with Crippen molar-refractivity contribution in [2.45, 2.75) is 0 Å². The molecular formula is C36H30OP2. The molecule has 0 aliphatic rings. The molecule has 0 heterocycles. The van der Waals surface area contributed by atoms with Gasteiger partial charge in [0.05, 0.1) is 0 Å². The van der Waals surface area contributed by atoms with Gasteiger partial charge in [-0.15, -0.1) is 0 Å². The van der Waals surface area contributed by atoms with Crippen LogP contribution in [0, 0.1) is 0 Å². The number of hydrogen-bond donors (Lipinski definition) is 0. The summed E-state index contributed by atoms with van der Waals surface area (Å²) in [6.07, 6.45) is 3.72. The Kier molecular flexibility index (Phi) is 8.97. The van der Waals surface area contributed by atoms with Crippen molar-refractivity contribution in [3.05, 3.63) is 182 Å². The fourth-order valence-electron chi connectivity index (χ4n) is 4.45. The normalized spacial score (nSPS) is 11.4. The zero-order valence-corrected chi connectivity index (χ0v) is 23.5. The Hall–Kier alpha value is -4.02. The van der Waals surface area contributed by atoms with Crippen LogP contribution in [0.4, 0.5) is 0 Å². The molecule has 0 bridgehead atoms. The van der Waals surface area contributed by atoms with E-state index in [1.54, 1.807) is 6.08 Å². The third-order valence-electron chi connectivity index (χ3n) is 6.21. The monoisotopic (exact) mass is 540 g/mol. The lowest BCUT2D eigenvalue weighted by Crippen LogP contribution is -2.22. The molecule has 5 rings (SSSR count). The summed E-state index contributed by atoms with van der Waals surface area (Å²) < 4.78 is 6.82. The van der Waals surface area contributed by atoms with Crippen molar-refractivity contribution in [2.75, 3.05) is 0 Å². The topological polar surface area (TPSA) is 9.23 Å². The Balaban J connectivity index is 1.57. The van der Waals surface area contributed by atoms with Gasteiger partial charge >= 0.3 is 0 Å². The first-order valence-corrected chi connectivity index (χ1v) is 15.5. The minimum Gasteiger partial charge on any atom is -0.456 e. The second kappa shape index (κ2) is 13.2. The van der Waals surface area contributed by atoms with E-state index in [1.165, 1.54) is 21.2 Å². The van der Waals surface area contributed by atoms with Crippen LogP contribution in [0.5, 0.6) is 5.75 Å². The molecule has 0 aromatic heterocycles. The number of rotatable bonds is 10. The predicted octanol–water partition coefficient (Wildman–Crippen LogP) is 7.54. The Bertz CT molecular complexity index is 1470. The van der Waals surface area contributed by atoms with E-state index in [2.05, 4.69) is 141 Å². The fourth-order valence-corrected chi connectivity index (χ4v) is 9.02. The summed E-state index contributed by atoms with van der Waals surface area (Å²) in [4.78, 5) is 0. The average molecular weight is 541 g/mol. The molecule has 0 atom stereocenters. The van der Waals surface area contributed by atoms with Crippen molar-refractivity contribution >= 4 is 42.4 Å². The summed E-state index contributed by atoms with van der Waals surface area (Å²) in [6.45, 7) is 8.60. The van der Waals surface area contributed by atoms with Crippen LogP contribution >= 0.6 is 15.8 Å². The summed E-state index contributed by atoms with van der Waals surface area (Å²) in [5.74, 6) is 1.56. The van der Waals surface area contributed by atoms with Crippen LogP contribution in [0.15, 0.2) is 182 Å². The SMILES string of the molecule is C=C/C=C(/Oc1ccccc1P(c1ccccc1)c1ccccc1)C(=C)P(c1ccccc1)c1ccccc1. The first kappa shape index (κ1) is 26.6. The van der Waals surface area contributed by atoms with E-state index in [-0.39, 0.29) is 0 Å². The summed E-state index contributed by atoms with van der Waals surface area (Å²) in [5.41, 5.74) is 0. The Morgan fingerprint density at radius 3 is 1.41 bits per heavy atom. The molecule has 0 aliphatic heterocycles. The van der Waals surface area contributed by atoms with Gasteiger partial charge in [0, 0.05) is 10.6 Å². The third kappa shape index (κ3) is 6.35. The molecule has 5 aromatic carbocycles. The second-order valence-electron chi connectivity index (χ2n) is 8.80. The summed E-state index contributed by atoms with van der Waals surface area (Å²) in [5, 5.41) is 7.12. The molecule has 0 saturated carbocycles. The van der Waals surface area contributed by atoms with Gasteiger partial charge in [-0.25, -0.2) is 0 Å². The maximum absolute atomic E-state index is 6.82. The van der Waals surface area contributed by atoms with Crippen molar-refractivity contribution < 1.29 is 4.74 Å². The molecule has 0 radical (unpaired) electrons. The van der Waals surface area contributed by atoms with Crippen molar-refractivity contribution in [1.82, 2.24) is 0 Å². The highest BCUT2D eigenvalue weighted by Crippen LogP contribution is 2.46. The largest absolute Gasteiger partial charge is 0.456 e. The number of benzene rings is 5. The van der Waals surface area contributed by atoms with Crippen molar-refractivity contribution in [2.24, 2.45) is 0 Å². The number of ether oxygens (including phenoxy) is 1. The van der Waals surface area contributed by atoms with E-state index in [4.69, 9.17) is 4.74 Å². The molecular weight excluding hydrogens is 510 g/mol. The van der Waals surface area contributed by atoms with Gasteiger partial charge < -0.3 is 4.74 Å². The van der Waals surface area contributed by atoms with Gasteiger partial charge in [-0.05, 0) is 49.2 Å². The molecule has 39 heavy (non-hydrogen) atoms. The lowest BCUT2D eigenvalue weighted by molar-refractivity contribution is 0.446. The zero-order chi connectivity index (χ0) is 26.9. The predicted molar refractivity (Wildman–Crippen MR) is 172 cm³/mol. The quantitative estimate of drug-likeness (QED) is 0.101. The van der Waals surface area contributed by atoms with Gasteiger partial charge in [0.15, 0.2) is 0 Å². The van der Waals surface area contributed by atoms with E-state index >= 15 is 0 Å². The molecule has 5 aromatic rings. The zero-order valence-electron chi connectivity index (χ0n) is 21.7. The summed E-state index contributed by atoms with van der Waals surface area (Å²) in [6, 6.07) is 50.9. The molecule has 0 saturated heterocycles. The Morgan fingerprint density at radius 2 is 0.949 bits per heavy atom. The van der Waals surface area contributed by atoms with Crippen molar-refractivity contribution in [3.8, 4) is 5.75 Å². The molecule has 1 nitrogen and oxygen atoms in total. The lowest BCUT2D eigenvalue weighted by Gasteiger charge is -2.26. The maximum Gasteiger partial charge on any atom is 0.135 e. The van der Waals surface area contributed by atoms with Gasteiger partial charge in [0.1, 0.15) is 11.5 Å². The highest BCUT2D eigenvalue weighted by molar-refractivity contribution is 7.80. The van der Waals surface area contributed by atoms with Crippen LogP contribution in [-0.4, -0.2) is 0 Å². The van der Waals surface area contributed by atoms with Crippen molar-refractivity contribution in [1.29, 1.82) is 0 Å². The lowest BCUT2D eigenvalue weighted by atomic mass is 10.3. The third-order valence-corrected chi connectivity index (χ3v) is 11.1. The van der Waals surface area contributed by atoms with E-state index in [0.717, 1.165) is 22.1 Å². The average Bonchev–Trinajstić information content (AvgIpc) is 3.00. The molecule has 0 spiro atoms. The van der Waals surface area contributed by atoms with Crippen LogP contribution in [0.25, 0.3) is 0 Å². The first-order chi connectivity index (χ1) is 19.3. The molecule has 0 fully saturated rings. The number of hydrogen-bond acceptors (Lipinski definition) is 1. The fraction of sp³-hybridized carbons (Fsp3) is 0. The molecule has 0 N–H and O–H groups in total. The van der Waals surface area contributed by atoms with Crippen LogP contribution in [-0.2, 0) is 0 Å². The maximum atomic E-state index is 6.82. The van der Waals surface area contributed by atoms with Gasteiger partial charge in [-0.2, -0.15) is 0 Å². The highest BCUT2D eigenvalue weighted by atomic mass is 31.1. The van der Waals surface area contributed by atoms with Gasteiger partial charge in [0.2, 0.25) is 0 Å². The minimum atomic E-state index is -0.902. The highest BCUT2D eigenvalue weighted by Gasteiger charge is 2.24. The van der Waals surface area contributed by atoms with E-state index < -0.39 is 15.8 Å². The summed E-state index contributed by atoms with van der Waals surface area (Å²) in [7, 11) is -1.73. The van der Waals surface area contributed by atoms with E-state index in [9.17, 15) is 0 Å². The minimum absolute atomic E-state index is 0.729. The molecule has 0 amide bonds. The molecule has 0 unspecified atom stereocenters. The Labute approximate surface area is 234 Å². The molecule has 0 aliphatic carbocycles. The van der Waals surface area contributed by atoms with Gasteiger partial charge in [-0.1, -0.05) is 159 Å². The van der Waals surface area contributed by atoms with E-state index in [1.807, 2.05) is 24.3 Å². The smallest absolute Gasteiger partial charge is 0.135 e.